The molecule has 0 saturated carbocycles. The third-order valence-electron chi connectivity index (χ3n) is 3.75. The summed E-state index contributed by atoms with van der Waals surface area (Å²) >= 11 is 0. The fraction of sp³-hybridized carbons (Fsp3) is 0.929. The quantitative estimate of drug-likeness (QED) is 0.820. The number of nitrogens with zero attached hydrogens (tertiary/aromatic N) is 1. The molecule has 110 valence electrons. The van der Waals surface area contributed by atoms with Crippen molar-refractivity contribution in [3.63, 3.8) is 0 Å². The summed E-state index contributed by atoms with van der Waals surface area (Å²) < 4.78 is 11.0. The summed E-state index contributed by atoms with van der Waals surface area (Å²) in [6.45, 7) is 7.96. The Balaban J connectivity index is 1.65. The molecular weight excluding hydrogens is 244 g/mol. The summed E-state index contributed by atoms with van der Waals surface area (Å²) in [4.78, 5) is 14.1. The Morgan fingerprint density at radius 3 is 2.53 bits per heavy atom. The summed E-state index contributed by atoms with van der Waals surface area (Å²) in [6.07, 6.45) is 2.69. The second kappa shape index (κ2) is 7.22. The van der Waals surface area contributed by atoms with Crippen LogP contribution in [0.15, 0.2) is 0 Å². The highest BCUT2D eigenvalue weighted by Crippen LogP contribution is 2.11. The number of carbonyl (C=O) groups is 1. The minimum atomic E-state index is 0.215. The van der Waals surface area contributed by atoms with Gasteiger partial charge in [0.2, 0.25) is 5.91 Å². The second-order valence-electron chi connectivity index (χ2n) is 5.70. The van der Waals surface area contributed by atoms with Crippen LogP contribution in [0.2, 0.25) is 0 Å². The van der Waals surface area contributed by atoms with E-state index in [1.165, 1.54) is 0 Å². The Labute approximate surface area is 115 Å². The van der Waals surface area contributed by atoms with Gasteiger partial charge < -0.3 is 19.7 Å². The van der Waals surface area contributed by atoms with Crippen molar-refractivity contribution in [2.45, 2.75) is 51.3 Å². The normalized spacial score (nSPS) is 29.5. The van der Waals surface area contributed by atoms with Crippen LogP contribution in [-0.4, -0.2) is 61.9 Å². The van der Waals surface area contributed by atoms with Crippen LogP contribution in [0.5, 0.6) is 0 Å². The van der Waals surface area contributed by atoms with Crippen molar-refractivity contribution in [3.05, 3.63) is 0 Å². The smallest absolute Gasteiger partial charge is 0.224 e. The SMILES string of the molecule is C[C@H]1CN(C(=O)CCOC2CCOCC2)C[C@H](C)N1. The van der Waals surface area contributed by atoms with Crippen LogP contribution >= 0.6 is 0 Å². The van der Waals surface area contributed by atoms with Crippen molar-refractivity contribution in [1.29, 1.82) is 0 Å². The summed E-state index contributed by atoms with van der Waals surface area (Å²) in [5.41, 5.74) is 0. The number of hydrogen-bond donors (Lipinski definition) is 1. The van der Waals surface area contributed by atoms with E-state index in [4.69, 9.17) is 9.47 Å². The first-order chi connectivity index (χ1) is 9.15. The molecule has 0 bridgehead atoms. The molecule has 0 radical (unpaired) electrons. The fourth-order valence-electron chi connectivity index (χ4n) is 2.84. The monoisotopic (exact) mass is 270 g/mol. The van der Waals surface area contributed by atoms with Gasteiger partial charge in [-0.2, -0.15) is 0 Å². The van der Waals surface area contributed by atoms with Gasteiger partial charge in [-0.25, -0.2) is 0 Å². The summed E-state index contributed by atoms with van der Waals surface area (Å²) in [6, 6.07) is 0.758. The molecule has 2 saturated heterocycles. The van der Waals surface area contributed by atoms with E-state index in [1.54, 1.807) is 0 Å². The van der Waals surface area contributed by atoms with Gasteiger partial charge in [0.05, 0.1) is 19.1 Å². The standard InChI is InChI=1S/C14H26N2O3/c1-11-9-16(10-12(2)15-11)14(17)5-8-19-13-3-6-18-7-4-13/h11-13,15H,3-10H2,1-2H3/t11-,12-/m0/s1. The van der Waals surface area contributed by atoms with Crippen LogP contribution < -0.4 is 5.32 Å². The van der Waals surface area contributed by atoms with Crippen LogP contribution in [0.1, 0.15) is 33.1 Å². The molecule has 0 aromatic heterocycles. The molecule has 19 heavy (non-hydrogen) atoms. The Hall–Kier alpha value is -0.650. The van der Waals surface area contributed by atoms with E-state index in [9.17, 15) is 4.79 Å². The molecule has 2 fully saturated rings. The van der Waals surface area contributed by atoms with E-state index in [-0.39, 0.29) is 12.0 Å². The van der Waals surface area contributed by atoms with Gasteiger partial charge in [0.25, 0.3) is 0 Å². The van der Waals surface area contributed by atoms with E-state index >= 15 is 0 Å². The van der Waals surface area contributed by atoms with Crippen molar-refractivity contribution < 1.29 is 14.3 Å². The first-order valence-corrected chi connectivity index (χ1v) is 7.38. The predicted molar refractivity (Wildman–Crippen MR) is 73.0 cm³/mol. The number of hydrogen-bond acceptors (Lipinski definition) is 4. The first-order valence-electron chi connectivity index (χ1n) is 7.38. The Kier molecular flexibility index (Phi) is 5.60. The lowest BCUT2D eigenvalue weighted by molar-refractivity contribution is -0.135. The Morgan fingerprint density at radius 1 is 1.26 bits per heavy atom. The Morgan fingerprint density at radius 2 is 1.89 bits per heavy atom. The van der Waals surface area contributed by atoms with E-state index < -0.39 is 0 Å². The largest absolute Gasteiger partial charge is 0.381 e. The topological polar surface area (TPSA) is 50.8 Å². The molecule has 0 aliphatic carbocycles. The van der Waals surface area contributed by atoms with E-state index in [0.717, 1.165) is 39.1 Å². The highest BCUT2D eigenvalue weighted by Gasteiger charge is 2.24. The lowest BCUT2D eigenvalue weighted by Gasteiger charge is -2.36. The van der Waals surface area contributed by atoms with Crippen LogP contribution in [-0.2, 0) is 14.3 Å². The Bertz CT molecular complexity index is 282. The van der Waals surface area contributed by atoms with Gasteiger partial charge in [-0.05, 0) is 26.7 Å². The third-order valence-corrected chi connectivity index (χ3v) is 3.75. The predicted octanol–water partition coefficient (Wildman–Crippen LogP) is 0.781. The van der Waals surface area contributed by atoms with Crippen molar-refractivity contribution in [3.8, 4) is 0 Å². The van der Waals surface area contributed by atoms with Crippen LogP contribution in [0, 0.1) is 0 Å². The summed E-state index contributed by atoms with van der Waals surface area (Å²) in [5, 5.41) is 3.43. The van der Waals surface area contributed by atoms with Crippen LogP contribution in [0.3, 0.4) is 0 Å². The lowest BCUT2D eigenvalue weighted by Crippen LogP contribution is -2.56. The molecular formula is C14H26N2O3. The zero-order valence-electron chi connectivity index (χ0n) is 12.1. The molecule has 5 heteroatoms. The zero-order valence-corrected chi connectivity index (χ0v) is 12.1. The molecule has 2 rings (SSSR count). The molecule has 1 N–H and O–H groups in total. The molecule has 1 amide bonds. The van der Waals surface area contributed by atoms with Gasteiger partial charge in [-0.15, -0.1) is 0 Å². The highest BCUT2D eigenvalue weighted by atomic mass is 16.5. The summed E-state index contributed by atoms with van der Waals surface area (Å²) in [7, 11) is 0. The van der Waals surface area contributed by atoms with Gasteiger partial charge in [-0.1, -0.05) is 0 Å². The van der Waals surface area contributed by atoms with E-state index in [2.05, 4.69) is 19.2 Å². The summed E-state index contributed by atoms with van der Waals surface area (Å²) in [5.74, 6) is 0.215. The molecule has 0 aromatic rings. The van der Waals surface area contributed by atoms with E-state index in [0.29, 0.717) is 25.1 Å². The minimum Gasteiger partial charge on any atom is -0.381 e. The van der Waals surface area contributed by atoms with Crippen molar-refractivity contribution in [2.75, 3.05) is 32.9 Å². The molecule has 2 heterocycles. The van der Waals surface area contributed by atoms with E-state index in [1.807, 2.05) is 4.90 Å². The first kappa shape index (κ1) is 14.8. The number of rotatable bonds is 4. The molecule has 0 unspecified atom stereocenters. The number of nitrogens with one attached hydrogen (secondary N) is 1. The fourth-order valence-corrected chi connectivity index (χ4v) is 2.84. The second-order valence-corrected chi connectivity index (χ2v) is 5.70. The number of piperazine rings is 1. The average molecular weight is 270 g/mol. The van der Waals surface area contributed by atoms with Crippen molar-refractivity contribution in [2.24, 2.45) is 0 Å². The molecule has 0 aromatic carbocycles. The molecule has 5 nitrogen and oxygen atoms in total. The zero-order chi connectivity index (χ0) is 13.7. The maximum absolute atomic E-state index is 12.1. The van der Waals surface area contributed by atoms with Gasteiger partial charge in [0, 0.05) is 38.4 Å². The third kappa shape index (κ3) is 4.75. The average Bonchev–Trinajstić information content (AvgIpc) is 2.38. The molecule has 0 spiro atoms. The molecule has 2 atom stereocenters. The van der Waals surface area contributed by atoms with Gasteiger partial charge in [0.1, 0.15) is 0 Å². The number of ether oxygens (including phenoxy) is 2. The molecule has 2 aliphatic heterocycles. The van der Waals surface area contributed by atoms with Gasteiger partial charge in [0.15, 0.2) is 0 Å². The van der Waals surface area contributed by atoms with Crippen molar-refractivity contribution >= 4 is 5.91 Å². The number of carbonyl (C=O) groups excluding carboxylic acids is 1. The lowest BCUT2D eigenvalue weighted by atomic mass is 10.1. The highest BCUT2D eigenvalue weighted by molar-refractivity contribution is 5.76. The van der Waals surface area contributed by atoms with Crippen molar-refractivity contribution in [1.82, 2.24) is 10.2 Å². The molecule has 2 aliphatic rings. The maximum Gasteiger partial charge on any atom is 0.224 e. The van der Waals surface area contributed by atoms with Gasteiger partial charge >= 0.3 is 0 Å². The maximum atomic E-state index is 12.1. The van der Waals surface area contributed by atoms with Crippen LogP contribution in [0.25, 0.3) is 0 Å². The number of amides is 1. The van der Waals surface area contributed by atoms with Crippen LogP contribution in [0.4, 0.5) is 0 Å². The minimum absolute atomic E-state index is 0.215. The van der Waals surface area contributed by atoms with Gasteiger partial charge in [-0.3, -0.25) is 4.79 Å².